The Bertz CT molecular complexity index is 4810. The van der Waals surface area contributed by atoms with Gasteiger partial charge in [-0.25, -0.2) is 28.7 Å². The maximum atomic E-state index is 14.2. The number of rotatable bonds is 16. The van der Waals surface area contributed by atoms with Gasteiger partial charge in [0.2, 0.25) is 0 Å². The van der Waals surface area contributed by atoms with E-state index in [9.17, 15) is 8.78 Å². The van der Waals surface area contributed by atoms with Gasteiger partial charge in [0.1, 0.15) is 45.0 Å². The van der Waals surface area contributed by atoms with Crippen molar-refractivity contribution in [1.82, 2.24) is 78.3 Å². The van der Waals surface area contributed by atoms with Crippen molar-refractivity contribution in [3.8, 4) is 45.0 Å². The Morgan fingerprint density at radius 3 is 0.990 bits per heavy atom. The molecule has 16 rings (SSSR count). The van der Waals surface area contributed by atoms with Crippen LogP contribution in [0.4, 0.5) is 32.1 Å². The van der Waals surface area contributed by atoms with Crippen molar-refractivity contribution >= 4 is 124 Å². The third kappa shape index (κ3) is 16.0. The summed E-state index contributed by atoms with van der Waals surface area (Å²) >= 11 is 32.1. The van der Waals surface area contributed by atoms with E-state index in [1.165, 1.54) is 24.5 Å². The van der Waals surface area contributed by atoms with Crippen LogP contribution in [0.3, 0.4) is 0 Å². The summed E-state index contributed by atoms with van der Waals surface area (Å²) in [6.45, 7) is 2.39. The summed E-state index contributed by atoms with van der Waals surface area (Å²) in [5.74, 6) is 2.33. The van der Waals surface area contributed by atoms with E-state index < -0.39 is 0 Å². The number of halogens is 8. The van der Waals surface area contributed by atoms with Crippen molar-refractivity contribution in [2.75, 3.05) is 21.3 Å². The maximum Gasteiger partial charge on any atom is 0.176 e. The van der Waals surface area contributed by atoms with E-state index >= 15 is 0 Å². The number of hydrogen-bond acceptors (Lipinski definition) is 16. The molecule has 20 nitrogen and oxygen atoms in total. The molecule has 4 aromatic carbocycles. The standard InChI is InChI=1S/2C18H13BrClN5.2C18H13ClFN5/c19-14-11-23-25-17(22-10-12-4-3-7-21-9-12)8-16(24-18(14)25)13-5-1-2-6-15(13)20;19-14-11-23-25-17(22-10-12-5-7-21-8-6-12)9-16(24-18(14)25)13-3-1-2-4-15(13)20;19-14-11-23-25-17(22-10-12-4-3-7-21-9-12)8-16(24-18(14)25)13-5-1-2-6-15(13)20;19-14-11-23-25-17(22-10-12-5-7-21-8-6-12)9-16(24-18(14)25)13-3-1-2-4-15(13)20/h4*1-9,11,22H,10H2. The molecule has 16 aromatic rings. The van der Waals surface area contributed by atoms with Crippen molar-refractivity contribution < 1.29 is 8.78 Å². The predicted octanol–water partition coefficient (Wildman–Crippen LogP) is 18.0. The highest BCUT2D eigenvalue weighted by Crippen LogP contribution is 2.34. The van der Waals surface area contributed by atoms with Gasteiger partial charge in [-0.1, -0.05) is 119 Å². The fourth-order valence-corrected chi connectivity index (χ4v) is 11.7. The third-order valence-electron chi connectivity index (χ3n) is 15.2. The normalized spacial score (nSPS) is 11.0. The molecule has 4 N–H and O–H groups in total. The number of benzene rings is 4. The van der Waals surface area contributed by atoms with Crippen LogP contribution in [0.15, 0.2) is 253 Å². The van der Waals surface area contributed by atoms with Crippen molar-refractivity contribution in [2.24, 2.45) is 0 Å². The lowest BCUT2D eigenvalue weighted by Gasteiger charge is -2.11. The molecule has 0 saturated heterocycles. The second kappa shape index (κ2) is 31.8. The highest BCUT2D eigenvalue weighted by Gasteiger charge is 2.19. The largest absolute Gasteiger partial charge is 0.366 e. The van der Waals surface area contributed by atoms with Crippen molar-refractivity contribution in [3.05, 3.63) is 307 Å². The molecule has 0 unspecified atom stereocenters. The highest BCUT2D eigenvalue weighted by molar-refractivity contribution is 9.11. The van der Waals surface area contributed by atoms with Crippen LogP contribution in [0.1, 0.15) is 22.3 Å². The van der Waals surface area contributed by atoms with E-state index in [0.717, 1.165) is 76.6 Å². The van der Waals surface area contributed by atoms with Crippen LogP contribution in [0, 0.1) is 11.6 Å². The van der Waals surface area contributed by atoms with Crippen molar-refractivity contribution in [2.45, 2.75) is 26.2 Å². The van der Waals surface area contributed by atoms with E-state index in [1.54, 1.807) is 122 Å². The Morgan fingerprint density at radius 1 is 0.310 bits per heavy atom. The maximum absolute atomic E-state index is 14.2. The minimum absolute atomic E-state index is 0.338. The molecule has 0 fully saturated rings. The van der Waals surface area contributed by atoms with Crippen molar-refractivity contribution in [3.63, 3.8) is 0 Å². The summed E-state index contributed by atoms with van der Waals surface area (Å²) < 4.78 is 36.7. The molecule has 0 aliphatic heterocycles. The number of pyridine rings is 4. The van der Waals surface area contributed by atoms with E-state index in [0.29, 0.717) is 91.7 Å². The molecule has 0 spiro atoms. The van der Waals surface area contributed by atoms with Crippen molar-refractivity contribution in [1.29, 1.82) is 0 Å². The minimum Gasteiger partial charge on any atom is -0.366 e. The lowest BCUT2D eigenvalue weighted by atomic mass is 10.1. The Hall–Kier alpha value is -10.9. The first kappa shape index (κ1) is 67.7. The summed E-state index contributed by atoms with van der Waals surface area (Å²) in [5, 5.41) is 32.8. The summed E-state index contributed by atoms with van der Waals surface area (Å²) in [7, 11) is 0. The van der Waals surface area contributed by atoms with Gasteiger partial charge in [-0.15, -0.1) is 0 Å². The molecule has 0 aliphatic rings. The van der Waals surface area contributed by atoms with Gasteiger partial charge < -0.3 is 21.3 Å². The van der Waals surface area contributed by atoms with Gasteiger partial charge in [0.05, 0.1) is 56.5 Å². The topological polar surface area (TPSA) is 220 Å². The summed E-state index contributed by atoms with van der Waals surface area (Å²) in [6, 6.07) is 51.3. The first-order valence-corrected chi connectivity index (χ1v) is 33.7. The third-order valence-corrected chi connectivity index (χ3v) is 17.5. The van der Waals surface area contributed by atoms with Crippen LogP contribution in [-0.4, -0.2) is 78.3 Å². The van der Waals surface area contributed by atoms with Crippen LogP contribution in [-0.2, 0) is 26.2 Å². The zero-order valence-electron chi connectivity index (χ0n) is 52.1. The Kier molecular flexibility index (Phi) is 21.5. The van der Waals surface area contributed by atoms with E-state index in [2.05, 4.69) is 103 Å². The van der Waals surface area contributed by atoms with Gasteiger partial charge in [-0.3, -0.25) is 19.9 Å². The van der Waals surface area contributed by atoms with E-state index in [-0.39, 0.29) is 11.6 Å². The molecular weight excluding hydrogens is 1480 g/mol. The fourth-order valence-electron chi connectivity index (χ4n) is 10.3. The molecule has 100 heavy (non-hydrogen) atoms. The number of fused-ring (bicyclic) bond motifs is 4. The molecular formula is C72H52Br2Cl4F2N20. The van der Waals surface area contributed by atoms with Crippen LogP contribution in [0.2, 0.25) is 20.1 Å². The molecule has 0 amide bonds. The molecule has 0 radical (unpaired) electrons. The second-order valence-corrected chi connectivity index (χ2v) is 25.1. The molecule has 28 heteroatoms. The molecule has 496 valence electrons. The van der Waals surface area contributed by atoms with Gasteiger partial charge >= 0.3 is 0 Å². The molecule has 0 aliphatic carbocycles. The van der Waals surface area contributed by atoms with Crippen LogP contribution in [0.5, 0.6) is 0 Å². The van der Waals surface area contributed by atoms with Crippen LogP contribution < -0.4 is 21.3 Å². The number of hydrogen-bond donors (Lipinski definition) is 4. The second-order valence-electron chi connectivity index (χ2n) is 21.8. The first-order valence-electron chi connectivity index (χ1n) is 30.6. The van der Waals surface area contributed by atoms with E-state index in [1.807, 2.05) is 115 Å². The summed E-state index contributed by atoms with van der Waals surface area (Å²) in [5.41, 5.74) is 11.8. The smallest absolute Gasteiger partial charge is 0.176 e. The predicted molar refractivity (Wildman–Crippen MR) is 395 cm³/mol. The Labute approximate surface area is 606 Å². The van der Waals surface area contributed by atoms with Gasteiger partial charge in [0.15, 0.2) is 22.6 Å². The highest BCUT2D eigenvalue weighted by atomic mass is 79.9. The zero-order valence-corrected chi connectivity index (χ0v) is 58.3. The summed E-state index contributed by atoms with van der Waals surface area (Å²) in [4.78, 5) is 34.6. The Balaban J connectivity index is 0.000000119. The van der Waals surface area contributed by atoms with Gasteiger partial charge in [0.25, 0.3) is 0 Å². The molecule has 12 heterocycles. The number of nitrogens with zero attached hydrogens (tertiary/aromatic N) is 16. The zero-order chi connectivity index (χ0) is 68.9. The average molecular weight is 1540 g/mol. The lowest BCUT2D eigenvalue weighted by Crippen LogP contribution is -2.07. The average Bonchev–Trinajstić information content (AvgIpc) is 1.68. The van der Waals surface area contributed by atoms with Gasteiger partial charge in [0, 0.05) is 132 Å². The number of anilines is 4. The quantitative estimate of drug-likeness (QED) is 0.0706. The lowest BCUT2D eigenvalue weighted by molar-refractivity contribution is 0.630. The van der Waals surface area contributed by atoms with Crippen LogP contribution in [0.25, 0.3) is 67.6 Å². The molecule has 0 atom stereocenters. The number of aromatic nitrogens is 16. The fraction of sp³-hybridized carbons (Fsp3) is 0.0556. The summed E-state index contributed by atoms with van der Waals surface area (Å²) in [6.07, 6.45) is 20.6. The van der Waals surface area contributed by atoms with Gasteiger partial charge in [-0.05, 0) is 127 Å². The monoisotopic (exact) mass is 1530 g/mol. The van der Waals surface area contributed by atoms with Crippen LogP contribution >= 0.6 is 78.3 Å². The molecule has 0 bridgehead atoms. The first-order chi connectivity index (χ1) is 48.9. The van der Waals surface area contributed by atoms with Gasteiger partial charge in [-0.2, -0.15) is 38.5 Å². The number of nitrogens with one attached hydrogen (secondary N) is 4. The SMILES string of the molecule is Clc1ccccc1-c1cc(NCc2cccnc2)n2ncc(Br)c2n1.Clc1ccccc1-c1cc(NCc2ccncc2)n2ncc(Br)c2n1.Fc1ccccc1-c1cc(NCc2cccnc2)n2ncc(Cl)c2n1.Fc1ccccc1-c1cc(NCc2ccncc2)n2ncc(Cl)c2n1. The Morgan fingerprint density at radius 2 is 0.630 bits per heavy atom. The molecule has 0 saturated carbocycles. The van der Waals surface area contributed by atoms with E-state index in [4.69, 9.17) is 56.4 Å². The minimum atomic E-state index is -0.340. The molecule has 12 aromatic heterocycles.